The normalized spacial score (nSPS) is 10.0. The van der Waals surface area contributed by atoms with Crippen LogP contribution in [0.3, 0.4) is 0 Å². The molecular formula is C20H23NO5. The van der Waals surface area contributed by atoms with E-state index in [1.54, 1.807) is 19.1 Å². The van der Waals surface area contributed by atoms with E-state index in [2.05, 4.69) is 5.32 Å². The van der Waals surface area contributed by atoms with Crippen LogP contribution in [0.1, 0.15) is 18.1 Å². The maximum Gasteiger partial charge on any atom is 0.407 e. The number of hydrogen-bond acceptors (Lipinski definition) is 5. The van der Waals surface area contributed by atoms with E-state index in [-0.39, 0.29) is 13.2 Å². The predicted octanol–water partition coefficient (Wildman–Crippen LogP) is 3.10. The average Bonchev–Trinajstić information content (AvgIpc) is 2.67. The van der Waals surface area contributed by atoms with Gasteiger partial charge in [-0.15, -0.1) is 0 Å². The molecule has 0 aliphatic heterocycles. The van der Waals surface area contributed by atoms with Crippen LogP contribution in [0.25, 0.3) is 0 Å². The van der Waals surface area contributed by atoms with Gasteiger partial charge in [-0.1, -0.05) is 42.5 Å². The number of benzene rings is 2. The molecule has 6 nitrogen and oxygen atoms in total. The summed E-state index contributed by atoms with van der Waals surface area (Å²) in [5.74, 6) is 0.201. The van der Waals surface area contributed by atoms with Gasteiger partial charge in [-0.25, -0.2) is 9.59 Å². The molecule has 1 amide bonds. The lowest BCUT2D eigenvalue weighted by Gasteiger charge is -2.08. The molecule has 26 heavy (non-hydrogen) atoms. The molecule has 0 spiro atoms. The van der Waals surface area contributed by atoms with Crippen LogP contribution in [0.15, 0.2) is 54.6 Å². The summed E-state index contributed by atoms with van der Waals surface area (Å²) in [7, 11) is 0. The molecule has 1 N–H and O–H groups in total. The quantitative estimate of drug-likeness (QED) is 0.698. The Morgan fingerprint density at radius 2 is 1.65 bits per heavy atom. The Labute approximate surface area is 153 Å². The second-order valence-corrected chi connectivity index (χ2v) is 5.48. The van der Waals surface area contributed by atoms with Crippen molar-refractivity contribution in [3.8, 4) is 5.75 Å². The summed E-state index contributed by atoms with van der Waals surface area (Å²) in [6.45, 7) is 2.69. The van der Waals surface area contributed by atoms with Gasteiger partial charge in [0, 0.05) is 6.54 Å². The van der Waals surface area contributed by atoms with Gasteiger partial charge in [0.1, 0.15) is 12.4 Å². The molecule has 0 heterocycles. The van der Waals surface area contributed by atoms with E-state index >= 15 is 0 Å². The topological polar surface area (TPSA) is 73.9 Å². The minimum absolute atomic E-state index is 0.109. The Bertz CT molecular complexity index is 685. The average molecular weight is 357 g/mol. The van der Waals surface area contributed by atoms with E-state index in [1.807, 2.05) is 42.5 Å². The summed E-state index contributed by atoms with van der Waals surface area (Å²) in [5.41, 5.74) is 1.98. The summed E-state index contributed by atoms with van der Waals surface area (Å²) >= 11 is 0. The molecule has 0 aliphatic rings. The van der Waals surface area contributed by atoms with E-state index in [4.69, 9.17) is 14.2 Å². The second kappa shape index (κ2) is 10.8. The molecule has 0 atom stereocenters. The van der Waals surface area contributed by atoms with Gasteiger partial charge in [-0.05, 0) is 36.6 Å². The molecule has 0 radical (unpaired) electrons. The first-order valence-corrected chi connectivity index (χ1v) is 8.49. The van der Waals surface area contributed by atoms with Crippen molar-refractivity contribution in [2.24, 2.45) is 0 Å². The number of nitrogens with one attached hydrogen (secondary N) is 1. The molecule has 0 saturated heterocycles. The zero-order chi connectivity index (χ0) is 18.6. The lowest BCUT2D eigenvalue weighted by Crippen LogP contribution is -2.26. The van der Waals surface area contributed by atoms with Crippen molar-refractivity contribution >= 4 is 12.1 Å². The monoisotopic (exact) mass is 357 g/mol. The predicted molar refractivity (Wildman–Crippen MR) is 96.9 cm³/mol. The lowest BCUT2D eigenvalue weighted by molar-refractivity contribution is -0.145. The number of carbonyl (C=O) groups excluding carboxylic acids is 2. The summed E-state index contributed by atoms with van der Waals surface area (Å²) in [4.78, 5) is 22.9. The number of hydrogen-bond donors (Lipinski definition) is 1. The molecular weight excluding hydrogens is 334 g/mol. The number of ether oxygens (including phenoxy) is 3. The Morgan fingerprint density at radius 3 is 2.35 bits per heavy atom. The van der Waals surface area contributed by atoms with Crippen molar-refractivity contribution in [3.05, 3.63) is 65.7 Å². The fourth-order valence-electron chi connectivity index (χ4n) is 2.18. The van der Waals surface area contributed by atoms with Gasteiger partial charge in [-0.3, -0.25) is 0 Å². The highest BCUT2D eigenvalue weighted by Crippen LogP contribution is 2.12. The maximum absolute atomic E-state index is 11.7. The number of amides is 1. The molecule has 0 fully saturated rings. The van der Waals surface area contributed by atoms with E-state index < -0.39 is 12.1 Å². The van der Waals surface area contributed by atoms with Gasteiger partial charge in [0.05, 0.1) is 6.61 Å². The standard InChI is InChI=1S/C20H23NO5/c1-2-24-19(22)15-25-18-10-8-16(9-11-18)12-13-21-20(23)26-14-17-6-4-3-5-7-17/h3-11H,2,12-15H2,1H3,(H,21,23). The van der Waals surface area contributed by atoms with Crippen LogP contribution in [0.5, 0.6) is 5.75 Å². The molecule has 0 saturated carbocycles. The highest BCUT2D eigenvalue weighted by atomic mass is 16.6. The van der Waals surface area contributed by atoms with Gasteiger partial charge in [0.15, 0.2) is 6.61 Å². The Balaban J connectivity index is 1.64. The van der Waals surface area contributed by atoms with E-state index in [9.17, 15) is 9.59 Å². The van der Waals surface area contributed by atoms with Crippen molar-refractivity contribution in [1.29, 1.82) is 0 Å². The van der Waals surface area contributed by atoms with Crippen LogP contribution in [0, 0.1) is 0 Å². The summed E-state index contributed by atoms with van der Waals surface area (Å²) in [6.07, 6.45) is 0.224. The number of carbonyl (C=O) groups is 2. The van der Waals surface area contributed by atoms with E-state index in [0.29, 0.717) is 25.3 Å². The Hall–Kier alpha value is -3.02. The molecule has 0 aromatic heterocycles. The first-order chi connectivity index (χ1) is 12.7. The zero-order valence-corrected chi connectivity index (χ0v) is 14.8. The minimum Gasteiger partial charge on any atom is -0.482 e. The number of rotatable bonds is 9. The third-order valence-electron chi connectivity index (χ3n) is 3.48. The van der Waals surface area contributed by atoms with Crippen LogP contribution >= 0.6 is 0 Å². The fourth-order valence-corrected chi connectivity index (χ4v) is 2.18. The van der Waals surface area contributed by atoms with E-state index in [0.717, 1.165) is 11.1 Å². The molecule has 2 rings (SSSR count). The van der Waals surface area contributed by atoms with Gasteiger partial charge < -0.3 is 19.5 Å². The third kappa shape index (κ3) is 7.25. The summed E-state index contributed by atoms with van der Waals surface area (Å²) in [6, 6.07) is 16.8. The van der Waals surface area contributed by atoms with Crippen LogP contribution < -0.4 is 10.1 Å². The van der Waals surface area contributed by atoms with Crippen molar-refractivity contribution in [2.75, 3.05) is 19.8 Å². The fraction of sp³-hybridized carbons (Fsp3) is 0.300. The third-order valence-corrected chi connectivity index (χ3v) is 3.48. The molecule has 0 unspecified atom stereocenters. The molecule has 0 aliphatic carbocycles. The zero-order valence-electron chi connectivity index (χ0n) is 14.8. The van der Waals surface area contributed by atoms with Gasteiger partial charge in [-0.2, -0.15) is 0 Å². The molecule has 6 heteroatoms. The van der Waals surface area contributed by atoms with Gasteiger partial charge >= 0.3 is 12.1 Å². The van der Waals surface area contributed by atoms with E-state index in [1.165, 1.54) is 0 Å². The highest BCUT2D eigenvalue weighted by Gasteiger charge is 2.04. The largest absolute Gasteiger partial charge is 0.482 e. The van der Waals surface area contributed by atoms with Gasteiger partial charge in [0.25, 0.3) is 0 Å². The number of esters is 1. The summed E-state index contributed by atoms with van der Waals surface area (Å²) in [5, 5.41) is 2.72. The molecule has 2 aromatic carbocycles. The highest BCUT2D eigenvalue weighted by molar-refractivity contribution is 5.71. The van der Waals surface area contributed by atoms with Crippen molar-refractivity contribution in [3.63, 3.8) is 0 Å². The van der Waals surface area contributed by atoms with Crippen LogP contribution in [0.4, 0.5) is 4.79 Å². The van der Waals surface area contributed by atoms with Crippen LogP contribution in [0.2, 0.25) is 0 Å². The van der Waals surface area contributed by atoms with Gasteiger partial charge in [0.2, 0.25) is 0 Å². The Morgan fingerprint density at radius 1 is 0.923 bits per heavy atom. The minimum atomic E-state index is -0.441. The molecule has 2 aromatic rings. The maximum atomic E-state index is 11.7. The SMILES string of the molecule is CCOC(=O)COc1ccc(CCNC(=O)OCc2ccccc2)cc1. The Kier molecular flexibility index (Phi) is 7.99. The smallest absolute Gasteiger partial charge is 0.407 e. The molecule has 0 bridgehead atoms. The lowest BCUT2D eigenvalue weighted by atomic mass is 10.1. The second-order valence-electron chi connectivity index (χ2n) is 5.48. The first-order valence-electron chi connectivity index (χ1n) is 8.49. The van der Waals surface area contributed by atoms with Crippen molar-refractivity contribution < 1.29 is 23.8 Å². The van der Waals surface area contributed by atoms with Crippen LogP contribution in [-0.2, 0) is 27.3 Å². The van der Waals surface area contributed by atoms with Crippen LogP contribution in [-0.4, -0.2) is 31.8 Å². The molecule has 138 valence electrons. The first kappa shape index (κ1) is 19.3. The van der Waals surface area contributed by atoms with Crippen molar-refractivity contribution in [1.82, 2.24) is 5.32 Å². The number of alkyl carbamates (subject to hydrolysis) is 1. The van der Waals surface area contributed by atoms with Crippen molar-refractivity contribution in [2.45, 2.75) is 20.0 Å². The summed E-state index contributed by atoms with van der Waals surface area (Å²) < 4.78 is 15.3.